The summed E-state index contributed by atoms with van der Waals surface area (Å²) in [6.45, 7) is 4.03. The number of carbonyl (C=O) groups excluding carboxylic acids is 1. The summed E-state index contributed by atoms with van der Waals surface area (Å²) in [4.78, 5) is 12.5. The molecule has 0 aliphatic carbocycles. The van der Waals surface area contributed by atoms with E-state index in [2.05, 4.69) is 43.5 Å². The minimum Gasteiger partial charge on any atom is -0.394 e. The van der Waals surface area contributed by atoms with Crippen LogP contribution in [-0.2, 0) is 4.79 Å². The molecule has 350 valence electrons. The predicted molar refractivity (Wildman–Crippen MR) is 256 cm³/mol. The van der Waals surface area contributed by atoms with Gasteiger partial charge in [0.15, 0.2) is 0 Å². The Morgan fingerprint density at radius 2 is 0.695 bits per heavy atom. The van der Waals surface area contributed by atoms with Crippen molar-refractivity contribution in [1.82, 2.24) is 5.32 Å². The van der Waals surface area contributed by atoms with Crippen molar-refractivity contribution >= 4 is 5.91 Å². The van der Waals surface area contributed by atoms with Crippen molar-refractivity contribution < 1.29 is 25.2 Å². The summed E-state index contributed by atoms with van der Waals surface area (Å²) in [6.07, 6.45) is 56.9. The minimum atomic E-state index is -1.28. The maximum absolute atomic E-state index is 12.5. The van der Waals surface area contributed by atoms with Crippen LogP contribution >= 0.6 is 0 Å². The SMILES string of the molecule is CCCCCCCC/C=C/CCCC(O)C(O)C(CO)NC(=O)C(O)CCCCCCCCCCCCCCCCCC/C=C\CCCCCCCCCCCCCC. The van der Waals surface area contributed by atoms with E-state index in [0.29, 0.717) is 12.8 Å². The molecule has 0 saturated carbocycles. The Kier molecular flexibility index (Phi) is 46.9. The summed E-state index contributed by atoms with van der Waals surface area (Å²) in [5, 5.41) is 43.7. The van der Waals surface area contributed by atoms with Crippen molar-refractivity contribution in [2.75, 3.05) is 6.61 Å². The Bertz CT molecular complexity index is 893. The molecule has 0 aliphatic rings. The molecule has 0 spiro atoms. The molecular formula is C53H103NO5. The quantitative estimate of drug-likeness (QED) is 0.0310. The predicted octanol–water partition coefficient (Wildman–Crippen LogP) is 14.7. The van der Waals surface area contributed by atoms with Gasteiger partial charge in [-0.1, -0.05) is 237 Å². The molecule has 6 nitrogen and oxygen atoms in total. The molecule has 4 atom stereocenters. The molecule has 0 aromatic heterocycles. The number of unbranched alkanes of at least 4 members (excludes halogenated alkanes) is 35. The van der Waals surface area contributed by atoms with Gasteiger partial charge in [-0.3, -0.25) is 4.79 Å². The second kappa shape index (κ2) is 47.8. The molecule has 0 bridgehead atoms. The Morgan fingerprint density at radius 3 is 1.02 bits per heavy atom. The third-order valence-electron chi connectivity index (χ3n) is 12.4. The lowest BCUT2D eigenvalue weighted by Gasteiger charge is -2.27. The first-order chi connectivity index (χ1) is 29.0. The van der Waals surface area contributed by atoms with Crippen LogP contribution in [0.15, 0.2) is 24.3 Å². The molecule has 0 rings (SSSR count). The van der Waals surface area contributed by atoms with Crippen molar-refractivity contribution in [2.24, 2.45) is 0 Å². The fraction of sp³-hybridized carbons (Fsp3) is 0.906. The average molecular weight is 834 g/mol. The summed E-state index contributed by atoms with van der Waals surface area (Å²) < 4.78 is 0. The Morgan fingerprint density at radius 1 is 0.407 bits per heavy atom. The van der Waals surface area contributed by atoms with E-state index in [9.17, 15) is 25.2 Å². The van der Waals surface area contributed by atoms with Gasteiger partial charge in [0, 0.05) is 0 Å². The largest absolute Gasteiger partial charge is 0.394 e. The molecule has 5 N–H and O–H groups in total. The monoisotopic (exact) mass is 834 g/mol. The number of amides is 1. The molecule has 0 saturated heterocycles. The Balaban J connectivity index is 3.55. The molecule has 0 aliphatic heterocycles. The van der Waals surface area contributed by atoms with Crippen LogP contribution < -0.4 is 5.32 Å². The van der Waals surface area contributed by atoms with Gasteiger partial charge in [0.2, 0.25) is 5.91 Å². The summed E-state index contributed by atoms with van der Waals surface area (Å²) >= 11 is 0. The molecule has 59 heavy (non-hydrogen) atoms. The molecule has 1 amide bonds. The van der Waals surface area contributed by atoms with E-state index < -0.39 is 36.9 Å². The second-order valence-corrected chi connectivity index (χ2v) is 18.2. The van der Waals surface area contributed by atoms with Crippen LogP contribution in [0.3, 0.4) is 0 Å². The molecule has 6 heteroatoms. The molecule has 0 aromatic rings. The number of allylic oxidation sites excluding steroid dienone is 4. The number of carbonyl (C=O) groups is 1. The van der Waals surface area contributed by atoms with Gasteiger partial charge in [-0.25, -0.2) is 0 Å². The van der Waals surface area contributed by atoms with Gasteiger partial charge in [-0.05, 0) is 64.2 Å². The van der Waals surface area contributed by atoms with Crippen LogP contribution in [-0.4, -0.2) is 57.3 Å². The van der Waals surface area contributed by atoms with E-state index in [1.54, 1.807) is 0 Å². The fourth-order valence-corrected chi connectivity index (χ4v) is 8.22. The van der Waals surface area contributed by atoms with Crippen LogP contribution in [0, 0.1) is 0 Å². The third-order valence-corrected chi connectivity index (χ3v) is 12.4. The van der Waals surface area contributed by atoms with Gasteiger partial charge in [-0.2, -0.15) is 0 Å². The van der Waals surface area contributed by atoms with Crippen LogP contribution in [0.1, 0.15) is 277 Å². The third kappa shape index (κ3) is 41.9. The molecular weight excluding hydrogens is 731 g/mol. The highest BCUT2D eigenvalue weighted by molar-refractivity contribution is 5.80. The lowest BCUT2D eigenvalue weighted by molar-refractivity contribution is -0.132. The van der Waals surface area contributed by atoms with Gasteiger partial charge >= 0.3 is 0 Å². The second-order valence-electron chi connectivity index (χ2n) is 18.2. The summed E-state index contributed by atoms with van der Waals surface area (Å²) in [7, 11) is 0. The first kappa shape index (κ1) is 57.8. The highest BCUT2D eigenvalue weighted by atomic mass is 16.3. The highest BCUT2D eigenvalue weighted by Gasteiger charge is 2.28. The van der Waals surface area contributed by atoms with Gasteiger partial charge in [0.1, 0.15) is 12.2 Å². The zero-order valence-corrected chi connectivity index (χ0v) is 39.5. The highest BCUT2D eigenvalue weighted by Crippen LogP contribution is 2.17. The first-order valence-corrected chi connectivity index (χ1v) is 26.2. The van der Waals surface area contributed by atoms with E-state index in [-0.39, 0.29) is 0 Å². The maximum Gasteiger partial charge on any atom is 0.249 e. The zero-order chi connectivity index (χ0) is 43.1. The topological polar surface area (TPSA) is 110 Å². The van der Waals surface area contributed by atoms with E-state index in [0.717, 1.165) is 38.5 Å². The smallest absolute Gasteiger partial charge is 0.249 e. The van der Waals surface area contributed by atoms with Crippen molar-refractivity contribution in [3.8, 4) is 0 Å². The number of nitrogens with one attached hydrogen (secondary N) is 1. The molecule has 0 aromatic carbocycles. The molecule has 0 fully saturated rings. The number of hydrogen-bond acceptors (Lipinski definition) is 5. The number of hydrogen-bond donors (Lipinski definition) is 5. The minimum absolute atomic E-state index is 0.366. The van der Waals surface area contributed by atoms with E-state index in [1.807, 2.05) is 0 Å². The summed E-state index contributed by atoms with van der Waals surface area (Å²) in [5.41, 5.74) is 0. The van der Waals surface area contributed by atoms with E-state index >= 15 is 0 Å². The number of aliphatic hydroxyl groups excluding tert-OH is 4. The zero-order valence-electron chi connectivity index (χ0n) is 39.5. The Labute approximate surface area is 367 Å². The van der Waals surface area contributed by atoms with Gasteiger partial charge in [-0.15, -0.1) is 0 Å². The van der Waals surface area contributed by atoms with Crippen molar-refractivity contribution in [2.45, 2.75) is 301 Å². The standard InChI is InChI=1S/C53H103NO5/c1-3-5-7-9-11-13-15-16-17-18-19-20-21-22-23-24-25-26-27-28-29-30-31-32-33-34-35-37-39-41-43-45-47-51(57)53(59)54-49(48-55)52(58)50(56)46-44-42-40-38-36-14-12-10-8-6-4-2/h22-23,38,40,49-52,55-58H,3-21,24-37,39,41-48H2,1-2H3,(H,54,59)/b23-22-,40-38+. The van der Waals surface area contributed by atoms with E-state index in [1.165, 1.54) is 212 Å². The van der Waals surface area contributed by atoms with Crippen molar-refractivity contribution in [1.29, 1.82) is 0 Å². The van der Waals surface area contributed by atoms with Gasteiger partial charge in [0.25, 0.3) is 0 Å². The first-order valence-electron chi connectivity index (χ1n) is 26.2. The maximum atomic E-state index is 12.5. The fourth-order valence-electron chi connectivity index (χ4n) is 8.22. The van der Waals surface area contributed by atoms with Gasteiger partial charge in [0.05, 0.1) is 18.8 Å². The van der Waals surface area contributed by atoms with Gasteiger partial charge < -0.3 is 25.7 Å². The molecule has 4 unspecified atom stereocenters. The lowest BCUT2D eigenvalue weighted by atomic mass is 10.00. The van der Waals surface area contributed by atoms with Crippen LogP contribution in [0.2, 0.25) is 0 Å². The normalized spacial score (nSPS) is 14.1. The van der Waals surface area contributed by atoms with Crippen LogP contribution in [0.25, 0.3) is 0 Å². The van der Waals surface area contributed by atoms with Crippen molar-refractivity contribution in [3.05, 3.63) is 24.3 Å². The Hall–Kier alpha value is -1.21. The number of rotatable bonds is 48. The molecule has 0 heterocycles. The summed E-state index contributed by atoms with van der Waals surface area (Å²) in [6, 6.07) is -0.998. The van der Waals surface area contributed by atoms with E-state index in [4.69, 9.17) is 0 Å². The van der Waals surface area contributed by atoms with Crippen LogP contribution in [0.4, 0.5) is 0 Å². The van der Waals surface area contributed by atoms with Crippen molar-refractivity contribution in [3.63, 3.8) is 0 Å². The molecule has 0 radical (unpaired) electrons. The lowest BCUT2D eigenvalue weighted by Crippen LogP contribution is -2.53. The van der Waals surface area contributed by atoms with Crippen LogP contribution in [0.5, 0.6) is 0 Å². The summed E-state index contributed by atoms with van der Waals surface area (Å²) in [5.74, 6) is -0.591. The number of aliphatic hydroxyl groups is 4. The average Bonchev–Trinajstić information content (AvgIpc) is 3.24.